The minimum Gasteiger partial charge on any atom is -0.447 e. The van der Waals surface area contributed by atoms with Gasteiger partial charge in [0, 0.05) is 23.9 Å². The Bertz CT molecular complexity index is 1080. The third kappa shape index (κ3) is 5.16. The van der Waals surface area contributed by atoms with E-state index in [0.717, 1.165) is 16.9 Å². The summed E-state index contributed by atoms with van der Waals surface area (Å²) in [5, 5.41) is 9.00. The zero-order valence-electron chi connectivity index (χ0n) is 17.6. The molecule has 2 aromatic carbocycles. The first-order chi connectivity index (χ1) is 14.9. The number of ether oxygens (including phenoxy) is 1. The number of nitrogens with one attached hydrogen (secondary N) is 2. The number of para-hydroxylation sites is 1. The number of aromatic nitrogens is 2. The molecule has 0 saturated carbocycles. The van der Waals surface area contributed by atoms with Crippen molar-refractivity contribution in [3.05, 3.63) is 83.2 Å². The van der Waals surface area contributed by atoms with Crippen molar-refractivity contribution in [3.63, 3.8) is 0 Å². The van der Waals surface area contributed by atoms with E-state index in [1.807, 2.05) is 44.2 Å². The highest BCUT2D eigenvalue weighted by Crippen LogP contribution is 2.22. The van der Waals surface area contributed by atoms with Gasteiger partial charge in [-0.05, 0) is 26.0 Å². The van der Waals surface area contributed by atoms with E-state index in [4.69, 9.17) is 4.74 Å². The topological polar surface area (TPSA) is 102 Å². The van der Waals surface area contributed by atoms with Crippen molar-refractivity contribution in [3.8, 4) is 5.69 Å². The molecule has 0 aliphatic heterocycles. The van der Waals surface area contributed by atoms with Crippen molar-refractivity contribution in [2.24, 2.45) is 0 Å². The number of urea groups is 1. The number of esters is 1. The Morgan fingerprint density at radius 3 is 2.23 bits per heavy atom. The number of carbonyl (C=O) groups is 3. The zero-order valence-corrected chi connectivity index (χ0v) is 17.6. The summed E-state index contributed by atoms with van der Waals surface area (Å²) in [5.41, 5.74) is 3.59. The van der Waals surface area contributed by atoms with E-state index < -0.39 is 24.0 Å². The van der Waals surface area contributed by atoms with Crippen molar-refractivity contribution in [1.82, 2.24) is 20.4 Å². The molecule has 0 spiro atoms. The van der Waals surface area contributed by atoms with Crippen LogP contribution in [0.5, 0.6) is 0 Å². The van der Waals surface area contributed by atoms with Crippen LogP contribution in [-0.4, -0.2) is 34.7 Å². The Balaban J connectivity index is 1.81. The minimum absolute atomic E-state index is 0.0545. The van der Waals surface area contributed by atoms with Crippen molar-refractivity contribution < 1.29 is 19.1 Å². The fraction of sp³-hybridized carbons (Fsp3) is 0.217. The smallest absolute Gasteiger partial charge is 0.321 e. The summed E-state index contributed by atoms with van der Waals surface area (Å²) >= 11 is 0. The number of benzene rings is 2. The molecule has 8 nitrogen and oxygen atoms in total. The maximum Gasteiger partial charge on any atom is 0.321 e. The molecule has 1 atom stereocenters. The van der Waals surface area contributed by atoms with Gasteiger partial charge in [-0.3, -0.25) is 14.9 Å². The number of carbonyl (C=O) groups excluding carboxylic acids is 3. The first-order valence-electron chi connectivity index (χ1n) is 9.78. The Morgan fingerprint density at radius 2 is 1.61 bits per heavy atom. The molecule has 3 rings (SSSR count). The summed E-state index contributed by atoms with van der Waals surface area (Å²) < 4.78 is 7.27. The standard InChI is InChI=1S/C23H24N4O4/c1-15-19(16(2)27(26-15)18-12-8-5-9-13-18)14-20(28)31-21(17-10-6-4-7-11-17)22(29)25-23(30)24-3/h4-13,21H,14H2,1-3H3,(H2,24,25,29,30). The molecule has 1 heterocycles. The van der Waals surface area contributed by atoms with E-state index in [2.05, 4.69) is 15.7 Å². The molecule has 0 aliphatic rings. The quantitative estimate of drug-likeness (QED) is 0.597. The van der Waals surface area contributed by atoms with Crippen LogP contribution in [-0.2, 0) is 20.7 Å². The van der Waals surface area contributed by atoms with Gasteiger partial charge in [0.1, 0.15) is 0 Å². The minimum atomic E-state index is -1.25. The SMILES string of the molecule is CNC(=O)NC(=O)C(OC(=O)Cc1c(C)nn(-c2ccccc2)c1C)c1ccccc1. The Kier molecular flexibility index (Phi) is 6.81. The van der Waals surface area contributed by atoms with Crippen LogP contribution in [0.4, 0.5) is 4.79 Å². The van der Waals surface area contributed by atoms with Gasteiger partial charge in [0.2, 0.25) is 6.10 Å². The second-order valence-corrected chi connectivity index (χ2v) is 6.92. The molecular formula is C23H24N4O4. The summed E-state index contributed by atoms with van der Waals surface area (Å²) in [5.74, 6) is -1.33. The lowest BCUT2D eigenvalue weighted by molar-refractivity contribution is -0.155. The third-order valence-corrected chi connectivity index (χ3v) is 4.82. The molecule has 160 valence electrons. The number of hydrogen-bond acceptors (Lipinski definition) is 5. The molecular weight excluding hydrogens is 396 g/mol. The van der Waals surface area contributed by atoms with Gasteiger partial charge in [-0.2, -0.15) is 5.10 Å². The van der Waals surface area contributed by atoms with Crippen LogP contribution < -0.4 is 10.6 Å². The molecule has 3 aromatic rings. The maximum atomic E-state index is 12.8. The lowest BCUT2D eigenvalue weighted by Gasteiger charge is -2.17. The fourth-order valence-electron chi connectivity index (χ4n) is 3.21. The molecule has 0 fully saturated rings. The Hall–Kier alpha value is -3.94. The third-order valence-electron chi connectivity index (χ3n) is 4.82. The summed E-state index contributed by atoms with van der Waals surface area (Å²) in [6.07, 6.45) is -1.31. The molecule has 31 heavy (non-hydrogen) atoms. The summed E-state index contributed by atoms with van der Waals surface area (Å²) in [6, 6.07) is 17.5. The molecule has 0 aliphatic carbocycles. The number of amides is 3. The highest BCUT2D eigenvalue weighted by Gasteiger charge is 2.27. The summed E-state index contributed by atoms with van der Waals surface area (Å²) in [4.78, 5) is 36.9. The summed E-state index contributed by atoms with van der Waals surface area (Å²) in [6.45, 7) is 3.70. The number of nitrogens with zero attached hydrogens (tertiary/aromatic N) is 2. The van der Waals surface area contributed by atoms with Crippen LogP contribution in [0.2, 0.25) is 0 Å². The molecule has 0 saturated heterocycles. The Labute approximate surface area is 180 Å². The monoisotopic (exact) mass is 420 g/mol. The predicted molar refractivity (Wildman–Crippen MR) is 115 cm³/mol. The van der Waals surface area contributed by atoms with Gasteiger partial charge >= 0.3 is 12.0 Å². The second-order valence-electron chi connectivity index (χ2n) is 6.92. The van der Waals surface area contributed by atoms with Crippen LogP contribution in [0, 0.1) is 13.8 Å². The normalized spacial score (nSPS) is 11.5. The van der Waals surface area contributed by atoms with Crippen LogP contribution in [0.25, 0.3) is 5.69 Å². The van der Waals surface area contributed by atoms with Crippen molar-refractivity contribution >= 4 is 17.9 Å². The molecule has 1 unspecified atom stereocenters. The maximum absolute atomic E-state index is 12.8. The molecule has 0 bridgehead atoms. The van der Waals surface area contributed by atoms with E-state index in [1.54, 1.807) is 35.0 Å². The zero-order chi connectivity index (χ0) is 22.4. The lowest BCUT2D eigenvalue weighted by Crippen LogP contribution is -2.41. The van der Waals surface area contributed by atoms with Crippen LogP contribution in [0.3, 0.4) is 0 Å². The van der Waals surface area contributed by atoms with Crippen molar-refractivity contribution in [2.75, 3.05) is 7.05 Å². The molecule has 0 radical (unpaired) electrons. The fourth-order valence-corrected chi connectivity index (χ4v) is 3.21. The average Bonchev–Trinajstić information content (AvgIpc) is 3.06. The molecule has 2 N–H and O–H groups in total. The van der Waals surface area contributed by atoms with E-state index in [0.29, 0.717) is 11.3 Å². The lowest BCUT2D eigenvalue weighted by atomic mass is 10.1. The van der Waals surface area contributed by atoms with Gasteiger partial charge < -0.3 is 10.1 Å². The van der Waals surface area contributed by atoms with Gasteiger partial charge in [-0.1, -0.05) is 48.5 Å². The van der Waals surface area contributed by atoms with Crippen LogP contribution in [0.15, 0.2) is 60.7 Å². The highest BCUT2D eigenvalue weighted by molar-refractivity contribution is 5.97. The van der Waals surface area contributed by atoms with E-state index in [1.165, 1.54) is 7.05 Å². The van der Waals surface area contributed by atoms with Gasteiger partial charge in [-0.25, -0.2) is 9.48 Å². The highest BCUT2D eigenvalue weighted by atomic mass is 16.5. The van der Waals surface area contributed by atoms with Crippen molar-refractivity contribution in [1.29, 1.82) is 0 Å². The van der Waals surface area contributed by atoms with Crippen LogP contribution >= 0.6 is 0 Å². The average molecular weight is 420 g/mol. The van der Waals surface area contributed by atoms with Gasteiger partial charge in [-0.15, -0.1) is 0 Å². The van der Waals surface area contributed by atoms with E-state index in [9.17, 15) is 14.4 Å². The van der Waals surface area contributed by atoms with Gasteiger partial charge in [0.15, 0.2) is 0 Å². The summed E-state index contributed by atoms with van der Waals surface area (Å²) in [7, 11) is 1.39. The molecule has 8 heteroatoms. The van der Waals surface area contributed by atoms with E-state index >= 15 is 0 Å². The second kappa shape index (κ2) is 9.71. The number of aryl methyl sites for hydroxylation is 1. The van der Waals surface area contributed by atoms with E-state index in [-0.39, 0.29) is 6.42 Å². The van der Waals surface area contributed by atoms with Crippen LogP contribution in [0.1, 0.15) is 28.6 Å². The van der Waals surface area contributed by atoms with Gasteiger partial charge in [0.25, 0.3) is 5.91 Å². The molecule has 3 amide bonds. The number of hydrogen-bond donors (Lipinski definition) is 2. The van der Waals surface area contributed by atoms with Gasteiger partial charge in [0.05, 0.1) is 17.8 Å². The Morgan fingerprint density at radius 1 is 1.00 bits per heavy atom. The number of rotatable bonds is 6. The number of imide groups is 1. The van der Waals surface area contributed by atoms with Crippen molar-refractivity contribution in [2.45, 2.75) is 26.4 Å². The predicted octanol–water partition coefficient (Wildman–Crippen LogP) is 2.77. The molecule has 1 aromatic heterocycles. The first-order valence-corrected chi connectivity index (χ1v) is 9.78. The largest absolute Gasteiger partial charge is 0.447 e. The first kappa shape index (κ1) is 21.8.